The third-order valence-corrected chi connectivity index (χ3v) is 3.34. The molecular formula is C15H28N4O. The van der Waals surface area contributed by atoms with E-state index in [2.05, 4.69) is 42.9 Å². The van der Waals surface area contributed by atoms with Gasteiger partial charge in [-0.2, -0.15) is 0 Å². The molecule has 0 bridgehead atoms. The second-order valence-electron chi connectivity index (χ2n) is 5.65. The van der Waals surface area contributed by atoms with Gasteiger partial charge in [-0.05, 0) is 27.2 Å². The predicted molar refractivity (Wildman–Crippen MR) is 84.6 cm³/mol. The second-order valence-corrected chi connectivity index (χ2v) is 5.65. The standard InChI is InChI=1S/C15H28N4O/c1-10(2)13-17-14(16-6)12(5)15(18-13)19(11(3)4)8-7-9-20/h10-11,20H,7-9H2,1-6H3,(H,16,17,18). The predicted octanol–water partition coefficient (Wildman–Crippen LogP) is 2.55. The molecule has 0 aromatic carbocycles. The van der Waals surface area contributed by atoms with E-state index in [0.717, 1.165) is 36.0 Å². The van der Waals surface area contributed by atoms with Crippen LogP contribution in [0.1, 0.15) is 51.4 Å². The average molecular weight is 280 g/mol. The molecule has 0 saturated heterocycles. The summed E-state index contributed by atoms with van der Waals surface area (Å²) in [4.78, 5) is 11.6. The topological polar surface area (TPSA) is 61.3 Å². The molecule has 5 nitrogen and oxygen atoms in total. The molecule has 1 aromatic rings. The van der Waals surface area contributed by atoms with Crippen molar-refractivity contribution in [2.24, 2.45) is 0 Å². The average Bonchev–Trinajstić information content (AvgIpc) is 2.40. The maximum atomic E-state index is 9.08. The Labute approximate surface area is 122 Å². The SMILES string of the molecule is CNc1nc(C(C)C)nc(N(CCCO)C(C)C)c1C. The summed E-state index contributed by atoms with van der Waals surface area (Å²) in [7, 11) is 1.89. The van der Waals surface area contributed by atoms with E-state index < -0.39 is 0 Å². The van der Waals surface area contributed by atoms with Crippen LogP contribution in [-0.4, -0.2) is 41.3 Å². The van der Waals surface area contributed by atoms with Crippen LogP contribution in [-0.2, 0) is 0 Å². The largest absolute Gasteiger partial charge is 0.396 e. The Bertz CT molecular complexity index is 432. The summed E-state index contributed by atoms with van der Waals surface area (Å²) in [6, 6.07) is 0.333. The molecule has 0 aliphatic rings. The first-order valence-electron chi connectivity index (χ1n) is 7.36. The lowest BCUT2D eigenvalue weighted by atomic mass is 10.1. The Balaban J connectivity index is 3.27. The minimum atomic E-state index is 0.198. The summed E-state index contributed by atoms with van der Waals surface area (Å²) in [6.45, 7) is 11.5. The quantitative estimate of drug-likeness (QED) is 0.803. The zero-order valence-corrected chi connectivity index (χ0v) is 13.6. The minimum Gasteiger partial charge on any atom is -0.396 e. The van der Waals surface area contributed by atoms with Crippen molar-refractivity contribution in [3.8, 4) is 0 Å². The Kier molecular flexibility index (Phi) is 6.20. The van der Waals surface area contributed by atoms with Crippen molar-refractivity contribution in [1.82, 2.24) is 9.97 Å². The van der Waals surface area contributed by atoms with E-state index in [1.54, 1.807) is 0 Å². The smallest absolute Gasteiger partial charge is 0.137 e. The van der Waals surface area contributed by atoms with E-state index in [1.807, 2.05) is 14.0 Å². The molecule has 0 radical (unpaired) electrons. The highest BCUT2D eigenvalue weighted by Crippen LogP contribution is 2.27. The molecule has 0 atom stereocenters. The van der Waals surface area contributed by atoms with Crippen LogP contribution in [0.15, 0.2) is 0 Å². The van der Waals surface area contributed by atoms with Gasteiger partial charge in [-0.1, -0.05) is 13.8 Å². The van der Waals surface area contributed by atoms with Crippen LogP contribution in [0.2, 0.25) is 0 Å². The van der Waals surface area contributed by atoms with Crippen LogP contribution in [0.25, 0.3) is 0 Å². The molecule has 20 heavy (non-hydrogen) atoms. The molecular weight excluding hydrogens is 252 g/mol. The highest BCUT2D eigenvalue weighted by molar-refractivity contribution is 5.59. The van der Waals surface area contributed by atoms with Gasteiger partial charge in [0.15, 0.2) is 0 Å². The van der Waals surface area contributed by atoms with Crippen LogP contribution in [0, 0.1) is 6.92 Å². The third-order valence-electron chi connectivity index (χ3n) is 3.34. The van der Waals surface area contributed by atoms with Crippen molar-refractivity contribution in [2.45, 2.75) is 53.0 Å². The van der Waals surface area contributed by atoms with Crippen molar-refractivity contribution in [3.63, 3.8) is 0 Å². The maximum absolute atomic E-state index is 9.08. The van der Waals surface area contributed by atoms with E-state index >= 15 is 0 Å². The third kappa shape index (κ3) is 3.82. The van der Waals surface area contributed by atoms with Crippen molar-refractivity contribution >= 4 is 11.6 Å². The lowest BCUT2D eigenvalue weighted by Gasteiger charge is -2.30. The molecule has 0 amide bonds. The Morgan fingerprint density at radius 1 is 1.20 bits per heavy atom. The second kappa shape index (κ2) is 7.43. The molecule has 0 aliphatic carbocycles. The summed E-state index contributed by atoms with van der Waals surface area (Å²) in [5, 5.41) is 12.2. The summed E-state index contributed by atoms with van der Waals surface area (Å²) in [5.74, 6) is 2.99. The number of aliphatic hydroxyl groups is 1. The molecule has 114 valence electrons. The van der Waals surface area contributed by atoms with E-state index in [9.17, 15) is 0 Å². The minimum absolute atomic E-state index is 0.198. The first-order chi connectivity index (χ1) is 9.42. The van der Waals surface area contributed by atoms with E-state index in [0.29, 0.717) is 6.04 Å². The Morgan fingerprint density at radius 2 is 1.85 bits per heavy atom. The first kappa shape index (κ1) is 16.7. The molecule has 5 heteroatoms. The fourth-order valence-corrected chi connectivity index (χ4v) is 2.15. The van der Waals surface area contributed by atoms with Crippen molar-refractivity contribution < 1.29 is 5.11 Å². The molecule has 0 saturated carbocycles. The van der Waals surface area contributed by atoms with Crippen LogP contribution in [0.3, 0.4) is 0 Å². The van der Waals surface area contributed by atoms with Crippen LogP contribution in [0.5, 0.6) is 0 Å². The Hall–Kier alpha value is -1.36. The fraction of sp³-hybridized carbons (Fsp3) is 0.733. The van der Waals surface area contributed by atoms with Gasteiger partial charge in [0.05, 0.1) is 0 Å². The summed E-state index contributed by atoms with van der Waals surface area (Å²) in [6.07, 6.45) is 0.744. The molecule has 1 aromatic heterocycles. The number of rotatable bonds is 7. The van der Waals surface area contributed by atoms with Gasteiger partial charge < -0.3 is 15.3 Å². The normalized spacial score (nSPS) is 11.2. The monoisotopic (exact) mass is 280 g/mol. The van der Waals surface area contributed by atoms with Gasteiger partial charge in [0, 0.05) is 37.7 Å². The summed E-state index contributed by atoms with van der Waals surface area (Å²) >= 11 is 0. The molecule has 0 fully saturated rings. The number of nitrogens with zero attached hydrogens (tertiary/aromatic N) is 3. The number of anilines is 2. The summed E-state index contributed by atoms with van der Waals surface area (Å²) in [5.41, 5.74) is 1.06. The van der Waals surface area contributed by atoms with Crippen LogP contribution >= 0.6 is 0 Å². The first-order valence-corrected chi connectivity index (χ1v) is 7.36. The lowest BCUT2D eigenvalue weighted by molar-refractivity contribution is 0.288. The van der Waals surface area contributed by atoms with Gasteiger partial charge in [0.2, 0.25) is 0 Å². The molecule has 0 unspecified atom stereocenters. The van der Waals surface area contributed by atoms with Gasteiger partial charge in [-0.3, -0.25) is 0 Å². The van der Waals surface area contributed by atoms with Gasteiger partial charge in [0.1, 0.15) is 17.5 Å². The van der Waals surface area contributed by atoms with Crippen LogP contribution in [0.4, 0.5) is 11.6 Å². The van der Waals surface area contributed by atoms with Gasteiger partial charge in [-0.15, -0.1) is 0 Å². The van der Waals surface area contributed by atoms with Gasteiger partial charge >= 0.3 is 0 Å². The summed E-state index contributed by atoms with van der Waals surface area (Å²) < 4.78 is 0. The zero-order valence-electron chi connectivity index (χ0n) is 13.6. The van der Waals surface area contributed by atoms with Crippen molar-refractivity contribution in [2.75, 3.05) is 30.4 Å². The molecule has 1 rings (SSSR count). The van der Waals surface area contributed by atoms with Crippen molar-refractivity contribution in [3.05, 3.63) is 11.4 Å². The molecule has 2 N–H and O–H groups in total. The Morgan fingerprint density at radius 3 is 2.30 bits per heavy atom. The lowest BCUT2D eigenvalue weighted by Crippen LogP contribution is -2.34. The van der Waals surface area contributed by atoms with Gasteiger partial charge in [-0.25, -0.2) is 9.97 Å². The van der Waals surface area contributed by atoms with E-state index in [4.69, 9.17) is 10.1 Å². The number of aromatic nitrogens is 2. The molecule has 1 heterocycles. The molecule has 0 spiro atoms. The van der Waals surface area contributed by atoms with Crippen molar-refractivity contribution in [1.29, 1.82) is 0 Å². The zero-order chi connectivity index (χ0) is 15.3. The number of aliphatic hydroxyl groups excluding tert-OH is 1. The number of hydrogen-bond donors (Lipinski definition) is 2. The number of hydrogen-bond acceptors (Lipinski definition) is 5. The highest BCUT2D eigenvalue weighted by atomic mass is 16.3. The fourth-order valence-electron chi connectivity index (χ4n) is 2.15. The van der Waals surface area contributed by atoms with E-state index in [1.165, 1.54) is 0 Å². The highest BCUT2D eigenvalue weighted by Gasteiger charge is 2.19. The van der Waals surface area contributed by atoms with Gasteiger partial charge in [0.25, 0.3) is 0 Å². The maximum Gasteiger partial charge on any atom is 0.137 e. The van der Waals surface area contributed by atoms with E-state index in [-0.39, 0.29) is 12.5 Å². The van der Waals surface area contributed by atoms with Crippen LogP contribution < -0.4 is 10.2 Å². The molecule has 0 aliphatic heterocycles. The number of nitrogens with one attached hydrogen (secondary N) is 1.